The van der Waals surface area contributed by atoms with Crippen LogP contribution in [0.2, 0.25) is 0 Å². The molecule has 0 saturated carbocycles. The molecule has 0 aromatic heterocycles. The lowest BCUT2D eigenvalue weighted by molar-refractivity contribution is 0.301. The van der Waals surface area contributed by atoms with Crippen molar-refractivity contribution in [3.8, 4) is 0 Å². The first-order valence-corrected chi connectivity index (χ1v) is 4.54. The van der Waals surface area contributed by atoms with E-state index in [4.69, 9.17) is 0 Å². The van der Waals surface area contributed by atoms with Gasteiger partial charge in [0.25, 0.3) is 0 Å². The smallest absolute Gasteiger partial charge is 0.113 e. The molecule has 12 heavy (non-hydrogen) atoms. The summed E-state index contributed by atoms with van der Waals surface area (Å²) in [5.41, 5.74) is 0. The number of hydrogen-bond acceptors (Lipinski definition) is 3. The molecule has 0 bridgehead atoms. The highest BCUT2D eigenvalue weighted by Crippen LogP contribution is 2.04. The van der Waals surface area contributed by atoms with Crippen molar-refractivity contribution in [1.82, 2.24) is 9.91 Å². The van der Waals surface area contributed by atoms with Gasteiger partial charge < -0.3 is 4.90 Å². The Morgan fingerprint density at radius 2 is 2.42 bits per heavy atom. The lowest BCUT2D eigenvalue weighted by atomic mass is 10.2. The first-order chi connectivity index (χ1) is 5.86. The molecule has 0 fully saturated rings. The highest BCUT2D eigenvalue weighted by atomic mass is 15.6. The van der Waals surface area contributed by atoms with Gasteiger partial charge in [0.2, 0.25) is 0 Å². The Kier molecular flexibility index (Phi) is 3.64. The first-order valence-electron chi connectivity index (χ1n) is 4.54. The number of rotatable bonds is 5. The Labute approximate surface area is 74.3 Å². The third kappa shape index (κ3) is 2.57. The molecule has 0 unspecified atom stereocenters. The Balaban J connectivity index is 2.12. The monoisotopic (exact) mass is 167 g/mol. The van der Waals surface area contributed by atoms with Gasteiger partial charge in [-0.15, -0.1) is 0 Å². The first kappa shape index (κ1) is 9.10. The maximum absolute atomic E-state index is 4.13. The van der Waals surface area contributed by atoms with E-state index in [9.17, 15) is 0 Å². The van der Waals surface area contributed by atoms with Gasteiger partial charge >= 0.3 is 0 Å². The summed E-state index contributed by atoms with van der Waals surface area (Å²) in [4.78, 5) is 2.21. The second kappa shape index (κ2) is 4.80. The van der Waals surface area contributed by atoms with Crippen LogP contribution >= 0.6 is 0 Å². The van der Waals surface area contributed by atoms with Crippen LogP contribution < -0.4 is 0 Å². The molecule has 0 saturated heterocycles. The Bertz CT molecular complexity index is 165. The van der Waals surface area contributed by atoms with E-state index in [1.807, 2.05) is 11.3 Å². The van der Waals surface area contributed by atoms with Crippen molar-refractivity contribution in [2.75, 3.05) is 13.2 Å². The molecule has 0 spiro atoms. The van der Waals surface area contributed by atoms with Gasteiger partial charge in [0.1, 0.15) is 13.0 Å². The molecule has 1 aliphatic rings. The largest absolute Gasteiger partial charge is 0.342 e. The normalized spacial score (nSPS) is 15.8. The predicted molar refractivity (Wildman–Crippen MR) is 51.6 cm³/mol. The van der Waals surface area contributed by atoms with E-state index in [1.165, 1.54) is 19.3 Å². The minimum Gasteiger partial charge on any atom is -0.342 e. The lowest BCUT2D eigenvalue weighted by Crippen LogP contribution is -2.24. The summed E-state index contributed by atoms with van der Waals surface area (Å²) in [5, 5.41) is 5.97. The molecule has 3 heteroatoms. The average Bonchev–Trinajstić information content (AvgIpc) is 2.53. The zero-order valence-corrected chi connectivity index (χ0v) is 7.74. The van der Waals surface area contributed by atoms with Gasteiger partial charge in [-0.3, -0.25) is 5.01 Å². The SMILES string of the molecule is C=CN1CN(CCCCC)C=N1. The van der Waals surface area contributed by atoms with Crippen LogP contribution in [0, 0.1) is 0 Å². The van der Waals surface area contributed by atoms with E-state index in [1.54, 1.807) is 6.20 Å². The fourth-order valence-corrected chi connectivity index (χ4v) is 1.20. The second-order valence-electron chi connectivity index (χ2n) is 3.01. The maximum atomic E-state index is 4.13. The van der Waals surface area contributed by atoms with Gasteiger partial charge in [-0.25, -0.2) is 0 Å². The van der Waals surface area contributed by atoms with Crippen LogP contribution in [0.4, 0.5) is 0 Å². The third-order valence-electron chi connectivity index (χ3n) is 1.95. The summed E-state index contributed by atoms with van der Waals surface area (Å²) in [6, 6.07) is 0. The zero-order valence-electron chi connectivity index (χ0n) is 7.74. The van der Waals surface area contributed by atoms with Crippen molar-refractivity contribution in [3.63, 3.8) is 0 Å². The molecule has 1 aliphatic heterocycles. The van der Waals surface area contributed by atoms with Gasteiger partial charge in [0, 0.05) is 12.7 Å². The van der Waals surface area contributed by atoms with Gasteiger partial charge in [-0.1, -0.05) is 26.3 Å². The van der Waals surface area contributed by atoms with E-state index in [2.05, 4.69) is 23.5 Å². The van der Waals surface area contributed by atoms with Crippen LogP contribution in [0.15, 0.2) is 17.9 Å². The molecule has 1 heterocycles. The molecule has 3 nitrogen and oxygen atoms in total. The average molecular weight is 167 g/mol. The molecule has 0 aromatic rings. The number of hydrogen-bond donors (Lipinski definition) is 0. The predicted octanol–water partition coefficient (Wildman–Crippen LogP) is 1.84. The molecular weight excluding hydrogens is 150 g/mol. The maximum Gasteiger partial charge on any atom is 0.113 e. The van der Waals surface area contributed by atoms with Gasteiger partial charge in [-0.2, -0.15) is 5.10 Å². The fourth-order valence-electron chi connectivity index (χ4n) is 1.20. The molecule has 0 N–H and O–H groups in total. The van der Waals surface area contributed by atoms with Crippen LogP contribution in [-0.2, 0) is 0 Å². The summed E-state index contributed by atoms with van der Waals surface area (Å²) in [6.07, 6.45) is 7.47. The molecule has 0 radical (unpaired) electrons. The molecule has 0 aromatic carbocycles. The Hall–Kier alpha value is -0.990. The van der Waals surface area contributed by atoms with E-state index >= 15 is 0 Å². The van der Waals surface area contributed by atoms with Crippen LogP contribution in [-0.4, -0.2) is 29.5 Å². The molecule has 1 rings (SSSR count). The van der Waals surface area contributed by atoms with Crippen molar-refractivity contribution in [1.29, 1.82) is 0 Å². The molecule has 0 amide bonds. The van der Waals surface area contributed by atoms with E-state index in [-0.39, 0.29) is 0 Å². The van der Waals surface area contributed by atoms with Crippen molar-refractivity contribution in [2.45, 2.75) is 26.2 Å². The van der Waals surface area contributed by atoms with Crippen LogP contribution in [0.25, 0.3) is 0 Å². The Morgan fingerprint density at radius 1 is 1.58 bits per heavy atom. The quantitative estimate of drug-likeness (QED) is 0.582. The summed E-state index contributed by atoms with van der Waals surface area (Å²) in [5.74, 6) is 0. The number of nitrogens with zero attached hydrogens (tertiary/aromatic N) is 3. The van der Waals surface area contributed by atoms with Crippen LogP contribution in [0.3, 0.4) is 0 Å². The highest BCUT2D eigenvalue weighted by molar-refractivity contribution is 5.56. The second-order valence-corrected chi connectivity index (χ2v) is 3.01. The standard InChI is InChI=1S/C9H17N3/c1-3-5-6-7-11-8-10-12(4-2)9-11/h4,8H,2-3,5-7,9H2,1H3. The number of hydrazone groups is 1. The summed E-state index contributed by atoms with van der Waals surface area (Å²) >= 11 is 0. The van der Waals surface area contributed by atoms with Crippen molar-refractivity contribution in [3.05, 3.63) is 12.8 Å². The lowest BCUT2D eigenvalue weighted by Gasteiger charge is -2.15. The minimum atomic E-state index is 0.868. The topological polar surface area (TPSA) is 18.8 Å². The summed E-state index contributed by atoms with van der Waals surface area (Å²) in [6.45, 7) is 7.86. The summed E-state index contributed by atoms with van der Waals surface area (Å²) in [7, 11) is 0. The zero-order chi connectivity index (χ0) is 8.81. The van der Waals surface area contributed by atoms with Crippen molar-refractivity contribution in [2.24, 2.45) is 5.10 Å². The van der Waals surface area contributed by atoms with Crippen LogP contribution in [0.5, 0.6) is 0 Å². The molecular formula is C9H17N3. The summed E-state index contributed by atoms with van der Waals surface area (Å²) < 4.78 is 0. The minimum absolute atomic E-state index is 0.868. The molecule has 68 valence electrons. The fraction of sp³-hybridized carbons (Fsp3) is 0.667. The number of unbranched alkanes of at least 4 members (excludes halogenated alkanes) is 2. The van der Waals surface area contributed by atoms with E-state index in [0.29, 0.717) is 0 Å². The van der Waals surface area contributed by atoms with Crippen LogP contribution in [0.1, 0.15) is 26.2 Å². The van der Waals surface area contributed by atoms with E-state index < -0.39 is 0 Å². The third-order valence-corrected chi connectivity index (χ3v) is 1.95. The van der Waals surface area contributed by atoms with Crippen molar-refractivity contribution >= 4 is 6.34 Å². The molecule has 0 aliphatic carbocycles. The van der Waals surface area contributed by atoms with Gasteiger partial charge in [-0.05, 0) is 6.42 Å². The van der Waals surface area contributed by atoms with Gasteiger partial charge in [0.15, 0.2) is 0 Å². The van der Waals surface area contributed by atoms with E-state index in [0.717, 1.165) is 13.2 Å². The van der Waals surface area contributed by atoms with Gasteiger partial charge in [0.05, 0.1) is 0 Å². The molecule has 0 atom stereocenters. The highest BCUT2D eigenvalue weighted by Gasteiger charge is 2.09. The van der Waals surface area contributed by atoms with Crippen molar-refractivity contribution < 1.29 is 0 Å². The Morgan fingerprint density at radius 3 is 3.00 bits per heavy atom.